The molecule has 0 fully saturated rings. The number of aryl methyl sites for hydroxylation is 1. The Kier molecular flexibility index (Phi) is 4.20. The molecule has 2 heteroatoms. The number of hydrogen-bond acceptors (Lipinski definition) is 2. The van der Waals surface area contributed by atoms with Crippen LogP contribution in [0, 0.1) is 0 Å². The lowest BCUT2D eigenvalue weighted by Crippen LogP contribution is -1.93. The Hall–Kier alpha value is -1.28. The van der Waals surface area contributed by atoms with Crippen molar-refractivity contribution < 1.29 is 4.74 Å². The molecular weight excluding hydrogens is 174 g/mol. The average Bonchev–Trinajstić information content (AvgIpc) is 2.25. The summed E-state index contributed by atoms with van der Waals surface area (Å²) in [7, 11) is 1.70. The maximum absolute atomic E-state index is 5.39. The molecule has 0 aliphatic heterocycles. The Labute approximate surface area is 85.4 Å². The van der Waals surface area contributed by atoms with Crippen LogP contribution < -0.4 is 10.5 Å². The molecule has 0 atom stereocenters. The first-order valence-corrected chi connectivity index (χ1v) is 4.85. The highest BCUT2D eigenvalue weighted by molar-refractivity contribution is 5.53. The minimum Gasteiger partial charge on any atom is -0.496 e. The summed E-state index contributed by atoms with van der Waals surface area (Å²) in [5.74, 6) is 0.956. The van der Waals surface area contributed by atoms with Crippen molar-refractivity contribution in [3.8, 4) is 5.75 Å². The minimum atomic E-state index is 0.577. The molecule has 0 unspecified atom stereocenters. The topological polar surface area (TPSA) is 35.2 Å². The van der Waals surface area contributed by atoms with Crippen LogP contribution in [0.5, 0.6) is 5.75 Å². The third kappa shape index (κ3) is 2.60. The third-order valence-corrected chi connectivity index (χ3v) is 2.13. The monoisotopic (exact) mass is 191 g/mol. The van der Waals surface area contributed by atoms with E-state index in [0.29, 0.717) is 6.54 Å². The molecule has 1 aromatic rings. The summed E-state index contributed by atoms with van der Waals surface area (Å²) in [6.07, 6.45) is 4.95. The maximum Gasteiger partial charge on any atom is 0.122 e. The first kappa shape index (κ1) is 10.8. The van der Waals surface area contributed by atoms with Gasteiger partial charge in [-0.05, 0) is 29.7 Å². The summed E-state index contributed by atoms with van der Waals surface area (Å²) in [6.45, 7) is 2.70. The van der Waals surface area contributed by atoms with E-state index in [0.717, 1.165) is 12.2 Å². The van der Waals surface area contributed by atoms with Crippen molar-refractivity contribution in [1.82, 2.24) is 0 Å². The summed E-state index contributed by atoms with van der Waals surface area (Å²) in [4.78, 5) is 0. The zero-order chi connectivity index (χ0) is 10.4. The van der Waals surface area contributed by atoms with Gasteiger partial charge in [0, 0.05) is 6.54 Å². The molecular formula is C12H17NO. The van der Waals surface area contributed by atoms with Gasteiger partial charge in [0.05, 0.1) is 7.11 Å². The van der Waals surface area contributed by atoms with Gasteiger partial charge in [-0.2, -0.15) is 0 Å². The smallest absolute Gasteiger partial charge is 0.122 e. The number of rotatable bonds is 4. The second-order valence-corrected chi connectivity index (χ2v) is 3.06. The van der Waals surface area contributed by atoms with Crippen molar-refractivity contribution in [3.05, 3.63) is 35.4 Å². The highest BCUT2D eigenvalue weighted by Crippen LogP contribution is 2.20. The normalized spacial score (nSPS) is 10.8. The molecule has 0 aliphatic rings. The second-order valence-electron chi connectivity index (χ2n) is 3.06. The Morgan fingerprint density at radius 1 is 1.43 bits per heavy atom. The summed E-state index contributed by atoms with van der Waals surface area (Å²) in [5, 5.41) is 0. The Morgan fingerprint density at radius 2 is 2.21 bits per heavy atom. The van der Waals surface area contributed by atoms with Crippen LogP contribution in [0.4, 0.5) is 0 Å². The third-order valence-electron chi connectivity index (χ3n) is 2.13. The summed E-state index contributed by atoms with van der Waals surface area (Å²) < 4.78 is 5.25. The van der Waals surface area contributed by atoms with Crippen LogP contribution in [0.3, 0.4) is 0 Å². The number of nitrogens with two attached hydrogens (primary N) is 1. The number of methoxy groups -OCH3 is 1. The zero-order valence-corrected chi connectivity index (χ0v) is 8.79. The van der Waals surface area contributed by atoms with Crippen molar-refractivity contribution in [2.45, 2.75) is 13.3 Å². The van der Waals surface area contributed by atoms with Crippen molar-refractivity contribution in [2.24, 2.45) is 5.73 Å². The predicted molar refractivity (Wildman–Crippen MR) is 60.5 cm³/mol. The van der Waals surface area contributed by atoms with Crippen molar-refractivity contribution >= 4 is 6.08 Å². The molecule has 0 bridgehead atoms. The molecule has 0 heterocycles. The lowest BCUT2D eigenvalue weighted by atomic mass is 10.1. The standard InChI is InChI=1S/C12H17NO/c1-3-11-9-10(5-4-8-13)6-7-12(11)14-2/h4-7,9H,3,8,13H2,1-2H3/b5-4+. The Bertz CT molecular complexity index is 318. The van der Waals surface area contributed by atoms with Gasteiger partial charge >= 0.3 is 0 Å². The largest absolute Gasteiger partial charge is 0.496 e. The molecule has 1 aromatic carbocycles. The maximum atomic E-state index is 5.39. The molecule has 0 radical (unpaired) electrons. The van der Waals surface area contributed by atoms with Crippen molar-refractivity contribution in [2.75, 3.05) is 13.7 Å². The van der Waals surface area contributed by atoms with E-state index in [1.807, 2.05) is 24.3 Å². The van der Waals surface area contributed by atoms with Gasteiger partial charge < -0.3 is 10.5 Å². The molecule has 0 aliphatic carbocycles. The average molecular weight is 191 g/mol. The van der Waals surface area contributed by atoms with Gasteiger partial charge in [0.1, 0.15) is 5.75 Å². The highest BCUT2D eigenvalue weighted by Gasteiger charge is 2.00. The van der Waals surface area contributed by atoms with Crippen LogP contribution >= 0.6 is 0 Å². The van der Waals surface area contributed by atoms with E-state index in [-0.39, 0.29) is 0 Å². The highest BCUT2D eigenvalue weighted by atomic mass is 16.5. The predicted octanol–water partition coefficient (Wildman–Crippen LogP) is 2.23. The number of ether oxygens (including phenoxy) is 1. The van der Waals surface area contributed by atoms with Gasteiger partial charge in [0.15, 0.2) is 0 Å². The van der Waals surface area contributed by atoms with Gasteiger partial charge in [-0.25, -0.2) is 0 Å². The fourth-order valence-corrected chi connectivity index (χ4v) is 1.38. The first-order chi connectivity index (χ1) is 6.81. The van der Waals surface area contributed by atoms with Crippen LogP contribution in [0.2, 0.25) is 0 Å². The fraction of sp³-hybridized carbons (Fsp3) is 0.333. The van der Waals surface area contributed by atoms with Crippen LogP contribution in [-0.2, 0) is 6.42 Å². The zero-order valence-electron chi connectivity index (χ0n) is 8.79. The lowest BCUT2D eigenvalue weighted by molar-refractivity contribution is 0.410. The van der Waals surface area contributed by atoms with Gasteiger partial charge in [-0.1, -0.05) is 25.1 Å². The van der Waals surface area contributed by atoms with Crippen LogP contribution in [0.15, 0.2) is 24.3 Å². The van der Waals surface area contributed by atoms with E-state index in [2.05, 4.69) is 13.0 Å². The molecule has 1 rings (SSSR count). The van der Waals surface area contributed by atoms with Gasteiger partial charge in [-0.3, -0.25) is 0 Å². The summed E-state index contributed by atoms with van der Waals surface area (Å²) >= 11 is 0. The molecule has 2 N–H and O–H groups in total. The molecule has 76 valence electrons. The summed E-state index contributed by atoms with van der Waals surface area (Å²) in [6, 6.07) is 6.16. The van der Waals surface area contributed by atoms with Crippen LogP contribution in [0.25, 0.3) is 6.08 Å². The molecule has 0 aromatic heterocycles. The van der Waals surface area contributed by atoms with E-state index >= 15 is 0 Å². The van der Waals surface area contributed by atoms with Crippen molar-refractivity contribution in [1.29, 1.82) is 0 Å². The number of benzene rings is 1. The quantitative estimate of drug-likeness (QED) is 0.792. The fourth-order valence-electron chi connectivity index (χ4n) is 1.38. The molecule has 14 heavy (non-hydrogen) atoms. The Balaban J connectivity index is 2.95. The molecule has 0 amide bonds. The van der Waals surface area contributed by atoms with E-state index in [9.17, 15) is 0 Å². The minimum absolute atomic E-state index is 0.577. The lowest BCUT2D eigenvalue weighted by Gasteiger charge is -2.06. The van der Waals surface area contributed by atoms with Gasteiger partial charge in [0.2, 0.25) is 0 Å². The molecule has 2 nitrogen and oxygen atoms in total. The summed E-state index contributed by atoms with van der Waals surface area (Å²) in [5.41, 5.74) is 7.79. The van der Waals surface area contributed by atoms with E-state index in [1.165, 1.54) is 11.1 Å². The van der Waals surface area contributed by atoms with Gasteiger partial charge in [0.25, 0.3) is 0 Å². The first-order valence-electron chi connectivity index (χ1n) is 4.85. The Morgan fingerprint density at radius 3 is 2.79 bits per heavy atom. The second kappa shape index (κ2) is 5.45. The van der Waals surface area contributed by atoms with Crippen LogP contribution in [0.1, 0.15) is 18.1 Å². The van der Waals surface area contributed by atoms with Gasteiger partial charge in [-0.15, -0.1) is 0 Å². The molecule has 0 saturated carbocycles. The SMILES string of the molecule is CCc1cc(/C=C/CN)ccc1OC. The molecule has 0 spiro atoms. The van der Waals surface area contributed by atoms with E-state index in [4.69, 9.17) is 10.5 Å². The number of hydrogen-bond donors (Lipinski definition) is 1. The van der Waals surface area contributed by atoms with Crippen molar-refractivity contribution in [3.63, 3.8) is 0 Å². The van der Waals surface area contributed by atoms with Crippen LogP contribution in [-0.4, -0.2) is 13.7 Å². The van der Waals surface area contributed by atoms with E-state index in [1.54, 1.807) is 7.11 Å². The molecule has 0 saturated heterocycles. The van der Waals surface area contributed by atoms with E-state index < -0.39 is 0 Å².